The maximum atomic E-state index is 10.9. The maximum absolute atomic E-state index is 10.9. The molecule has 0 aromatic carbocycles. The Morgan fingerprint density at radius 1 is 1.44 bits per heavy atom. The SMILES string of the molecule is Cc1sc(C(=O)O)cc1CN(C)Cc1ccsc1. The molecule has 0 spiro atoms. The third kappa shape index (κ3) is 3.19. The van der Waals surface area contributed by atoms with E-state index < -0.39 is 5.97 Å². The molecule has 0 saturated heterocycles. The number of aromatic carboxylic acids is 1. The summed E-state index contributed by atoms with van der Waals surface area (Å²) in [7, 11) is 2.05. The number of nitrogens with zero attached hydrogens (tertiary/aromatic N) is 1. The molecule has 2 heterocycles. The van der Waals surface area contributed by atoms with Gasteiger partial charge in [-0.1, -0.05) is 0 Å². The molecule has 2 aromatic rings. The normalized spacial score (nSPS) is 11.1. The molecule has 0 unspecified atom stereocenters. The van der Waals surface area contributed by atoms with Gasteiger partial charge in [0.25, 0.3) is 0 Å². The van der Waals surface area contributed by atoms with Gasteiger partial charge in [0, 0.05) is 18.0 Å². The van der Waals surface area contributed by atoms with Gasteiger partial charge in [0.05, 0.1) is 0 Å². The highest BCUT2D eigenvalue weighted by Gasteiger charge is 2.12. The van der Waals surface area contributed by atoms with Crippen molar-refractivity contribution >= 4 is 28.6 Å². The van der Waals surface area contributed by atoms with Gasteiger partial charge in [0.2, 0.25) is 0 Å². The minimum Gasteiger partial charge on any atom is -0.477 e. The van der Waals surface area contributed by atoms with E-state index in [1.165, 1.54) is 16.9 Å². The van der Waals surface area contributed by atoms with Crippen LogP contribution in [0.15, 0.2) is 22.9 Å². The van der Waals surface area contributed by atoms with Crippen LogP contribution in [0.4, 0.5) is 0 Å². The monoisotopic (exact) mass is 281 g/mol. The third-order valence-corrected chi connectivity index (χ3v) is 4.52. The molecule has 5 heteroatoms. The quantitative estimate of drug-likeness (QED) is 0.912. The van der Waals surface area contributed by atoms with E-state index in [0.717, 1.165) is 23.5 Å². The van der Waals surface area contributed by atoms with E-state index in [-0.39, 0.29) is 0 Å². The van der Waals surface area contributed by atoms with Crippen LogP contribution in [0.25, 0.3) is 0 Å². The van der Waals surface area contributed by atoms with Crippen molar-refractivity contribution in [1.82, 2.24) is 4.90 Å². The van der Waals surface area contributed by atoms with Crippen LogP contribution in [0.5, 0.6) is 0 Å². The van der Waals surface area contributed by atoms with Crippen LogP contribution in [-0.2, 0) is 13.1 Å². The molecule has 3 nitrogen and oxygen atoms in total. The van der Waals surface area contributed by atoms with Crippen LogP contribution in [0.2, 0.25) is 0 Å². The lowest BCUT2D eigenvalue weighted by Crippen LogP contribution is -2.16. The largest absolute Gasteiger partial charge is 0.477 e. The number of carbonyl (C=O) groups is 1. The Morgan fingerprint density at radius 3 is 2.78 bits per heavy atom. The molecular weight excluding hydrogens is 266 g/mol. The second kappa shape index (κ2) is 5.65. The van der Waals surface area contributed by atoms with Crippen molar-refractivity contribution in [2.75, 3.05) is 7.05 Å². The Bertz CT molecular complexity index is 531. The van der Waals surface area contributed by atoms with Crippen molar-refractivity contribution in [3.05, 3.63) is 43.8 Å². The maximum Gasteiger partial charge on any atom is 0.345 e. The molecule has 0 aliphatic heterocycles. The van der Waals surface area contributed by atoms with E-state index in [4.69, 9.17) is 5.11 Å². The number of carboxylic acid groups (broad SMARTS) is 1. The highest BCUT2D eigenvalue weighted by atomic mass is 32.1. The summed E-state index contributed by atoms with van der Waals surface area (Å²) >= 11 is 3.04. The Kier molecular flexibility index (Phi) is 4.16. The molecule has 96 valence electrons. The average molecular weight is 281 g/mol. The lowest BCUT2D eigenvalue weighted by atomic mass is 10.2. The minimum absolute atomic E-state index is 0.423. The summed E-state index contributed by atoms with van der Waals surface area (Å²) in [6, 6.07) is 3.90. The summed E-state index contributed by atoms with van der Waals surface area (Å²) in [5.41, 5.74) is 2.41. The zero-order chi connectivity index (χ0) is 13.1. The van der Waals surface area contributed by atoms with Gasteiger partial charge in [-0.3, -0.25) is 4.90 Å². The molecule has 0 saturated carbocycles. The standard InChI is InChI=1S/C13H15NO2S2/c1-9-11(5-12(18-9)13(15)16)7-14(2)6-10-3-4-17-8-10/h3-5,8H,6-7H2,1-2H3,(H,15,16). The highest BCUT2D eigenvalue weighted by Crippen LogP contribution is 2.23. The summed E-state index contributed by atoms with van der Waals surface area (Å²) < 4.78 is 0. The van der Waals surface area contributed by atoms with Crippen LogP contribution < -0.4 is 0 Å². The summed E-state index contributed by atoms with van der Waals surface area (Å²) in [4.78, 5) is 14.6. The fourth-order valence-electron chi connectivity index (χ4n) is 1.82. The Morgan fingerprint density at radius 2 is 2.22 bits per heavy atom. The zero-order valence-electron chi connectivity index (χ0n) is 10.3. The van der Waals surface area contributed by atoms with Crippen molar-refractivity contribution in [3.63, 3.8) is 0 Å². The predicted octanol–water partition coefficient (Wildman–Crippen LogP) is 3.45. The molecule has 0 aliphatic rings. The van der Waals surface area contributed by atoms with Gasteiger partial charge in [-0.15, -0.1) is 11.3 Å². The van der Waals surface area contributed by atoms with Gasteiger partial charge >= 0.3 is 5.97 Å². The molecule has 2 aromatic heterocycles. The van der Waals surface area contributed by atoms with Crippen molar-refractivity contribution in [2.45, 2.75) is 20.0 Å². The van der Waals surface area contributed by atoms with Gasteiger partial charge < -0.3 is 5.11 Å². The molecule has 0 atom stereocenters. The Balaban J connectivity index is 2.02. The Labute approximate surface area is 114 Å². The number of rotatable bonds is 5. The first kappa shape index (κ1) is 13.3. The van der Waals surface area contributed by atoms with E-state index in [1.54, 1.807) is 17.4 Å². The fourth-order valence-corrected chi connectivity index (χ4v) is 3.36. The van der Waals surface area contributed by atoms with Crippen molar-refractivity contribution < 1.29 is 9.90 Å². The van der Waals surface area contributed by atoms with E-state index in [0.29, 0.717) is 4.88 Å². The van der Waals surface area contributed by atoms with E-state index >= 15 is 0 Å². The third-order valence-electron chi connectivity index (χ3n) is 2.70. The first-order valence-electron chi connectivity index (χ1n) is 5.58. The predicted molar refractivity (Wildman–Crippen MR) is 75.5 cm³/mol. The number of carboxylic acids is 1. The van der Waals surface area contributed by atoms with Crippen LogP contribution in [0, 0.1) is 6.92 Å². The van der Waals surface area contributed by atoms with Crippen molar-refractivity contribution in [1.29, 1.82) is 0 Å². The topological polar surface area (TPSA) is 40.5 Å². The first-order chi connectivity index (χ1) is 8.56. The lowest BCUT2D eigenvalue weighted by molar-refractivity contribution is 0.0702. The van der Waals surface area contributed by atoms with Gasteiger partial charge in [-0.25, -0.2) is 4.79 Å². The molecular formula is C13H15NO2S2. The van der Waals surface area contributed by atoms with Gasteiger partial charge in [-0.05, 0) is 48.0 Å². The van der Waals surface area contributed by atoms with Gasteiger partial charge in [0.15, 0.2) is 0 Å². The number of thiophene rings is 2. The molecule has 2 rings (SSSR count). The second-order valence-corrected chi connectivity index (χ2v) is 6.34. The fraction of sp³-hybridized carbons (Fsp3) is 0.308. The number of hydrogen-bond acceptors (Lipinski definition) is 4. The van der Waals surface area contributed by atoms with Crippen LogP contribution in [0.3, 0.4) is 0 Å². The highest BCUT2D eigenvalue weighted by molar-refractivity contribution is 7.14. The second-order valence-electron chi connectivity index (χ2n) is 4.30. The van der Waals surface area contributed by atoms with Crippen LogP contribution in [0.1, 0.15) is 25.7 Å². The van der Waals surface area contributed by atoms with Crippen LogP contribution >= 0.6 is 22.7 Å². The first-order valence-corrected chi connectivity index (χ1v) is 7.34. The molecule has 0 fully saturated rings. The van der Waals surface area contributed by atoms with Gasteiger partial charge in [0.1, 0.15) is 4.88 Å². The lowest BCUT2D eigenvalue weighted by Gasteiger charge is -2.15. The van der Waals surface area contributed by atoms with E-state index in [9.17, 15) is 4.79 Å². The summed E-state index contributed by atoms with van der Waals surface area (Å²) in [6.45, 7) is 3.65. The van der Waals surface area contributed by atoms with E-state index in [2.05, 4.69) is 28.8 Å². The zero-order valence-corrected chi connectivity index (χ0v) is 12.0. The molecule has 1 N–H and O–H groups in total. The minimum atomic E-state index is -0.838. The van der Waals surface area contributed by atoms with Crippen LogP contribution in [-0.4, -0.2) is 23.0 Å². The molecule has 0 radical (unpaired) electrons. The number of hydrogen-bond donors (Lipinski definition) is 1. The summed E-state index contributed by atoms with van der Waals surface area (Å²) in [6.07, 6.45) is 0. The molecule has 0 amide bonds. The molecule has 0 bridgehead atoms. The smallest absolute Gasteiger partial charge is 0.345 e. The average Bonchev–Trinajstić information content (AvgIpc) is 2.89. The number of aryl methyl sites for hydroxylation is 1. The van der Waals surface area contributed by atoms with Gasteiger partial charge in [-0.2, -0.15) is 11.3 Å². The van der Waals surface area contributed by atoms with E-state index in [1.807, 2.05) is 6.92 Å². The van der Waals surface area contributed by atoms with Crippen molar-refractivity contribution in [3.8, 4) is 0 Å². The summed E-state index contributed by atoms with van der Waals surface area (Å²) in [5.74, 6) is -0.838. The molecule has 18 heavy (non-hydrogen) atoms. The Hall–Kier alpha value is -1.17. The van der Waals surface area contributed by atoms with Crippen molar-refractivity contribution in [2.24, 2.45) is 0 Å². The summed E-state index contributed by atoms with van der Waals surface area (Å²) in [5, 5.41) is 13.2. The molecule has 0 aliphatic carbocycles.